The van der Waals surface area contributed by atoms with E-state index in [9.17, 15) is 26.4 Å². The highest BCUT2D eigenvalue weighted by molar-refractivity contribution is 7.89. The number of nitrogens with one attached hydrogen (secondary N) is 1. The summed E-state index contributed by atoms with van der Waals surface area (Å²) in [6, 6.07) is 3.53. The summed E-state index contributed by atoms with van der Waals surface area (Å²) in [4.78, 5) is 9.95. The Morgan fingerprint density at radius 3 is 2.25 bits per heavy atom. The second kappa shape index (κ2) is 6.09. The molecule has 0 radical (unpaired) electrons. The minimum absolute atomic E-state index is 0.294. The summed E-state index contributed by atoms with van der Waals surface area (Å²) in [5, 5.41) is 8.37. The zero-order valence-corrected chi connectivity index (χ0v) is 10.7. The number of hydrogen-bond donors (Lipinski definition) is 2. The lowest BCUT2D eigenvalue weighted by atomic mass is 10.3. The first-order valence-corrected chi connectivity index (χ1v) is 6.66. The molecule has 1 rings (SSSR count). The summed E-state index contributed by atoms with van der Waals surface area (Å²) in [7, 11) is -3.97. The first-order valence-electron chi connectivity index (χ1n) is 5.17. The summed E-state index contributed by atoms with van der Waals surface area (Å²) in [6.45, 7) is -0.321. The molecule has 0 saturated carbocycles. The fourth-order valence-corrected chi connectivity index (χ4v) is 2.23. The highest BCUT2D eigenvalue weighted by atomic mass is 32.2. The Morgan fingerprint density at radius 1 is 1.25 bits per heavy atom. The predicted molar refractivity (Wildman–Crippen MR) is 60.6 cm³/mol. The average molecular weight is 313 g/mol. The summed E-state index contributed by atoms with van der Waals surface area (Å²) in [5.41, 5.74) is 0. The third-order valence-corrected chi connectivity index (χ3v) is 3.48. The Kier molecular flexibility index (Phi) is 4.95. The van der Waals surface area contributed by atoms with Crippen molar-refractivity contribution >= 4 is 16.0 Å². The van der Waals surface area contributed by atoms with Gasteiger partial charge in [0.15, 0.2) is 0 Å². The lowest BCUT2D eigenvalue weighted by molar-refractivity contribution is -0.274. The normalized spacial score (nSPS) is 12.2. The Bertz CT molecular complexity index is 568. The van der Waals surface area contributed by atoms with Crippen LogP contribution in [0.2, 0.25) is 0 Å². The minimum Gasteiger partial charge on any atom is -0.481 e. The Labute approximate surface area is 112 Å². The van der Waals surface area contributed by atoms with Crippen molar-refractivity contribution in [3.63, 3.8) is 0 Å². The molecule has 0 spiro atoms. The van der Waals surface area contributed by atoms with Crippen molar-refractivity contribution in [3.8, 4) is 5.75 Å². The second-order valence-corrected chi connectivity index (χ2v) is 5.33. The van der Waals surface area contributed by atoms with Gasteiger partial charge in [-0.05, 0) is 24.3 Å². The van der Waals surface area contributed by atoms with Gasteiger partial charge in [-0.2, -0.15) is 0 Å². The van der Waals surface area contributed by atoms with Gasteiger partial charge in [-0.15, -0.1) is 13.2 Å². The van der Waals surface area contributed by atoms with Gasteiger partial charge < -0.3 is 9.84 Å². The molecule has 0 aliphatic rings. The third-order valence-electron chi connectivity index (χ3n) is 2.00. The summed E-state index contributed by atoms with van der Waals surface area (Å²) >= 11 is 0. The number of halogens is 3. The molecule has 0 aliphatic carbocycles. The predicted octanol–water partition coefficient (Wildman–Crippen LogP) is 1.34. The smallest absolute Gasteiger partial charge is 0.481 e. The van der Waals surface area contributed by atoms with Crippen molar-refractivity contribution in [3.05, 3.63) is 24.3 Å². The number of rotatable bonds is 6. The van der Waals surface area contributed by atoms with E-state index in [4.69, 9.17) is 5.11 Å². The molecule has 0 bridgehead atoms. The van der Waals surface area contributed by atoms with Crippen LogP contribution >= 0.6 is 0 Å². The van der Waals surface area contributed by atoms with E-state index in [1.54, 1.807) is 0 Å². The maximum atomic E-state index is 11.9. The van der Waals surface area contributed by atoms with Crippen LogP contribution in [0.1, 0.15) is 6.42 Å². The van der Waals surface area contributed by atoms with Gasteiger partial charge >= 0.3 is 12.3 Å². The maximum Gasteiger partial charge on any atom is 0.573 e. The standard InChI is InChI=1S/C10H10F3NO5S/c11-10(12,13)19-7-1-3-8(4-2-7)20(17,18)14-6-5-9(15)16/h1-4,14H,5-6H2,(H,15,16). The van der Waals surface area contributed by atoms with Gasteiger partial charge in [-0.25, -0.2) is 13.1 Å². The summed E-state index contributed by atoms with van der Waals surface area (Å²) < 4.78 is 64.6. The Hall–Kier alpha value is -1.81. The first kappa shape index (κ1) is 16.2. The molecule has 1 aromatic rings. The molecule has 20 heavy (non-hydrogen) atoms. The van der Waals surface area contributed by atoms with Crippen LogP contribution in [0.4, 0.5) is 13.2 Å². The van der Waals surface area contributed by atoms with Crippen LogP contribution in [0.15, 0.2) is 29.2 Å². The quantitative estimate of drug-likeness (QED) is 0.826. The lowest BCUT2D eigenvalue weighted by Crippen LogP contribution is -2.26. The molecule has 0 aliphatic heterocycles. The van der Waals surface area contributed by atoms with Crippen LogP contribution in [0.25, 0.3) is 0 Å². The minimum atomic E-state index is -4.86. The van der Waals surface area contributed by atoms with Crippen LogP contribution in [0, 0.1) is 0 Å². The average Bonchev–Trinajstić information content (AvgIpc) is 2.26. The van der Waals surface area contributed by atoms with E-state index in [0.29, 0.717) is 0 Å². The third kappa shape index (κ3) is 5.45. The molecular weight excluding hydrogens is 303 g/mol. The van der Waals surface area contributed by atoms with Crippen molar-refractivity contribution in [2.75, 3.05) is 6.54 Å². The monoisotopic (exact) mass is 313 g/mol. The van der Waals surface area contributed by atoms with Gasteiger partial charge in [0, 0.05) is 6.54 Å². The van der Waals surface area contributed by atoms with Crippen molar-refractivity contribution in [2.45, 2.75) is 17.7 Å². The number of sulfonamides is 1. The van der Waals surface area contributed by atoms with Gasteiger partial charge in [0.1, 0.15) is 5.75 Å². The zero-order valence-electron chi connectivity index (χ0n) is 9.85. The Morgan fingerprint density at radius 2 is 1.80 bits per heavy atom. The van der Waals surface area contributed by atoms with E-state index in [0.717, 1.165) is 24.3 Å². The fourth-order valence-electron chi connectivity index (χ4n) is 1.20. The molecule has 0 heterocycles. The number of carboxylic acid groups (broad SMARTS) is 1. The highest BCUT2D eigenvalue weighted by Crippen LogP contribution is 2.23. The molecule has 0 amide bonds. The number of carboxylic acids is 1. The van der Waals surface area contributed by atoms with E-state index in [1.165, 1.54) is 0 Å². The van der Waals surface area contributed by atoms with Crippen molar-refractivity contribution in [2.24, 2.45) is 0 Å². The van der Waals surface area contributed by atoms with Gasteiger partial charge in [-0.3, -0.25) is 4.79 Å². The van der Waals surface area contributed by atoms with Crippen LogP contribution in [-0.4, -0.2) is 32.4 Å². The van der Waals surface area contributed by atoms with Gasteiger partial charge in [0.05, 0.1) is 11.3 Å². The van der Waals surface area contributed by atoms with E-state index in [1.807, 2.05) is 4.72 Å². The van der Waals surface area contributed by atoms with Crippen LogP contribution in [0.3, 0.4) is 0 Å². The molecule has 1 aromatic carbocycles. The number of benzene rings is 1. The number of carbonyl (C=O) groups is 1. The molecule has 0 fully saturated rings. The molecule has 10 heteroatoms. The topological polar surface area (TPSA) is 92.7 Å². The molecule has 0 saturated heterocycles. The first-order chi connectivity index (χ1) is 9.10. The molecule has 0 unspecified atom stereocenters. The van der Waals surface area contributed by atoms with E-state index in [2.05, 4.69) is 4.74 Å². The number of aliphatic carboxylic acids is 1. The molecule has 6 nitrogen and oxygen atoms in total. The van der Waals surface area contributed by atoms with Crippen LogP contribution in [0.5, 0.6) is 5.75 Å². The van der Waals surface area contributed by atoms with Gasteiger partial charge in [-0.1, -0.05) is 0 Å². The summed E-state index contributed by atoms with van der Waals surface area (Å²) in [6.07, 6.45) is -5.27. The second-order valence-electron chi connectivity index (χ2n) is 3.56. The van der Waals surface area contributed by atoms with Crippen molar-refractivity contribution < 1.29 is 36.2 Å². The molecule has 2 N–H and O–H groups in total. The van der Waals surface area contributed by atoms with Gasteiger partial charge in [0.2, 0.25) is 10.0 Å². The molecule has 0 atom stereocenters. The van der Waals surface area contributed by atoms with E-state index >= 15 is 0 Å². The zero-order chi connectivity index (χ0) is 15.4. The largest absolute Gasteiger partial charge is 0.573 e. The fraction of sp³-hybridized carbons (Fsp3) is 0.300. The van der Waals surface area contributed by atoms with E-state index in [-0.39, 0.29) is 11.4 Å². The maximum absolute atomic E-state index is 11.9. The van der Waals surface area contributed by atoms with Gasteiger partial charge in [0.25, 0.3) is 0 Å². The molecule has 0 aromatic heterocycles. The van der Waals surface area contributed by atoms with Crippen molar-refractivity contribution in [1.82, 2.24) is 4.72 Å². The lowest BCUT2D eigenvalue weighted by Gasteiger charge is -2.09. The van der Waals surface area contributed by atoms with Crippen LogP contribution < -0.4 is 9.46 Å². The molecular formula is C10H10F3NO5S. The Balaban J connectivity index is 2.74. The summed E-state index contributed by atoms with van der Waals surface area (Å²) in [5.74, 6) is -1.73. The number of hydrogen-bond acceptors (Lipinski definition) is 4. The number of alkyl halides is 3. The number of ether oxygens (including phenoxy) is 1. The van der Waals surface area contributed by atoms with E-state index < -0.39 is 34.5 Å². The highest BCUT2D eigenvalue weighted by Gasteiger charge is 2.31. The van der Waals surface area contributed by atoms with Crippen LogP contribution in [-0.2, 0) is 14.8 Å². The van der Waals surface area contributed by atoms with Crippen molar-refractivity contribution in [1.29, 1.82) is 0 Å². The SMILES string of the molecule is O=C(O)CCNS(=O)(=O)c1ccc(OC(F)(F)F)cc1. The molecule has 112 valence electrons.